The number of nitrogens with one attached hydrogen (secondary N) is 1. The molecule has 0 aliphatic heterocycles. The van der Waals surface area contributed by atoms with Gasteiger partial charge in [-0.2, -0.15) is 11.3 Å². The molecular formula is C29H34FN5O3S. The second-order valence-electron chi connectivity index (χ2n) is 10.8. The minimum atomic E-state index is -0.836. The normalized spacial score (nSPS) is 24.5. The van der Waals surface area contributed by atoms with Gasteiger partial charge < -0.3 is 20.7 Å². The molecule has 2 aliphatic carbocycles. The second-order valence-corrected chi connectivity index (χ2v) is 11.5. The molecule has 0 spiro atoms. The summed E-state index contributed by atoms with van der Waals surface area (Å²) in [6, 6.07) is 11.8. The maximum absolute atomic E-state index is 13.5. The summed E-state index contributed by atoms with van der Waals surface area (Å²) in [6.45, 7) is 0. The molecule has 3 N–H and O–H groups in total. The van der Waals surface area contributed by atoms with Crippen molar-refractivity contribution in [3.8, 4) is 22.4 Å². The van der Waals surface area contributed by atoms with E-state index < -0.39 is 11.7 Å². The topological polar surface area (TPSA) is 110 Å². The van der Waals surface area contributed by atoms with Gasteiger partial charge in [0.2, 0.25) is 5.91 Å². The number of hydrogen-bond acceptors (Lipinski definition) is 7. The van der Waals surface area contributed by atoms with E-state index in [2.05, 4.69) is 15.5 Å². The molecule has 8 nitrogen and oxygen atoms in total. The van der Waals surface area contributed by atoms with Crippen LogP contribution in [-0.2, 0) is 15.1 Å². The van der Waals surface area contributed by atoms with Crippen molar-refractivity contribution in [2.45, 2.75) is 62.7 Å². The highest BCUT2D eigenvalue weighted by molar-refractivity contribution is 7.08. The van der Waals surface area contributed by atoms with Gasteiger partial charge in [-0.05, 0) is 65.6 Å². The van der Waals surface area contributed by atoms with Gasteiger partial charge in [0.15, 0.2) is 5.82 Å². The number of hydrogen-bond donors (Lipinski definition) is 2. The van der Waals surface area contributed by atoms with Crippen LogP contribution in [0.15, 0.2) is 47.2 Å². The molecule has 206 valence electrons. The lowest BCUT2D eigenvalue weighted by molar-refractivity contribution is -0.117. The van der Waals surface area contributed by atoms with Crippen LogP contribution in [0.25, 0.3) is 22.4 Å². The summed E-state index contributed by atoms with van der Waals surface area (Å²) < 4.78 is 18.3. The Morgan fingerprint density at radius 1 is 1.13 bits per heavy atom. The van der Waals surface area contributed by atoms with Crippen LogP contribution in [0.4, 0.5) is 15.0 Å². The number of nitrogens with zero attached hydrogens (tertiary/aromatic N) is 3. The first-order valence-electron chi connectivity index (χ1n) is 13.3. The molecule has 0 bridgehead atoms. The highest BCUT2D eigenvalue weighted by Gasteiger charge is 2.42. The number of rotatable bonds is 7. The first kappa shape index (κ1) is 27.2. The van der Waals surface area contributed by atoms with E-state index in [4.69, 9.17) is 10.5 Å². The summed E-state index contributed by atoms with van der Waals surface area (Å²) in [7, 11) is 3.15. The molecule has 0 radical (unpaired) electrons. The van der Waals surface area contributed by atoms with Crippen LogP contribution in [0, 0.1) is 5.92 Å². The standard InChI is InChI=1S/C29H34FN5O3S/c1-35(28(37)38-2)23-9-3-18(4-10-23)13-26(36)32-25-14-24(20-11-12-39-17-20)27(34-33-25)19-5-7-21(8-6-19)29(31)15-22(30)16-29/h5-8,11-12,14,17-18,22-23H,3-4,9-10,13,15-16,31H2,1-2H3,(H,32,33,36)/t18-,22-,23-,29-. The van der Waals surface area contributed by atoms with Crippen molar-refractivity contribution in [3.05, 3.63) is 52.7 Å². The number of anilines is 1. The first-order valence-corrected chi connectivity index (χ1v) is 14.2. The van der Waals surface area contributed by atoms with Gasteiger partial charge in [0.05, 0.1) is 7.11 Å². The van der Waals surface area contributed by atoms with E-state index in [9.17, 15) is 14.0 Å². The molecule has 2 aliphatic rings. The Labute approximate surface area is 231 Å². The third-order valence-electron chi connectivity index (χ3n) is 8.10. The molecule has 0 unspecified atom stereocenters. The zero-order chi connectivity index (χ0) is 27.6. The highest BCUT2D eigenvalue weighted by atomic mass is 32.1. The van der Waals surface area contributed by atoms with Crippen LogP contribution in [0.5, 0.6) is 0 Å². The third-order valence-corrected chi connectivity index (χ3v) is 8.78. The fraction of sp³-hybridized carbons (Fsp3) is 0.448. The van der Waals surface area contributed by atoms with Crippen LogP contribution < -0.4 is 11.1 Å². The molecule has 2 saturated carbocycles. The monoisotopic (exact) mass is 551 g/mol. The Morgan fingerprint density at radius 3 is 2.46 bits per heavy atom. The minimum absolute atomic E-state index is 0.0950. The Kier molecular flexibility index (Phi) is 7.95. The van der Waals surface area contributed by atoms with E-state index >= 15 is 0 Å². The van der Waals surface area contributed by atoms with Gasteiger partial charge in [0, 0.05) is 49.0 Å². The Morgan fingerprint density at radius 2 is 1.85 bits per heavy atom. The van der Waals surface area contributed by atoms with E-state index in [1.807, 2.05) is 47.2 Å². The quantitative estimate of drug-likeness (QED) is 0.387. The van der Waals surface area contributed by atoms with Gasteiger partial charge in [-0.15, -0.1) is 10.2 Å². The lowest BCUT2D eigenvalue weighted by Crippen LogP contribution is -2.50. The van der Waals surface area contributed by atoms with Crippen LogP contribution in [0.2, 0.25) is 0 Å². The predicted octanol–water partition coefficient (Wildman–Crippen LogP) is 5.74. The fourth-order valence-corrected chi connectivity index (χ4v) is 6.37. The summed E-state index contributed by atoms with van der Waals surface area (Å²) in [5.74, 6) is 0.566. The number of carbonyl (C=O) groups is 2. The number of thiophene rings is 1. The van der Waals surface area contributed by atoms with Crippen LogP contribution in [0.3, 0.4) is 0 Å². The predicted molar refractivity (Wildman–Crippen MR) is 150 cm³/mol. The average molecular weight is 552 g/mol. The van der Waals surface area contributed by atoms with Crippen LogP contribution in [-0.4, -0.2) is 53.5 Å². The van der Waals surface area contributed by atoms with E-state index in [1.54, 1.807) is 23.3 Å². The van der Waals surface area contributed by atoms with Crippen molar-refractivity contribution in [1.29, 1.82) is 0 Å². The molecule has 2 aromatic heterocycles. The summed E-state index contributed by atoms with van der Waals surface area (Å²) in [5, 5.41) is 15.8. The van der Waals surface area contributed by atoms with E-state index in [0.717, 1.165) is 47.9 Å². The SMILES string of the molecule is COC(=O)N(C)[C@H]1CC[C@H](CC(=O)Nc2cc(-c3ccsc3)c(-c3ccc([C@]4(N)C[C@H](F)C4)cc3)nn2)CC1. The molecule has 2 heterocycles. The molecule has 5 rings (SSSR count). The smallest absolute Gasteiger partial charge is 0.409 e. The molecule has 2 fully saturated rings. The largest absolute Gasteiger partial charge is 0.453 e. The molecule has 3 aromatic rings. The number of nitrogens with two attached hydrogens (primary N) is 1. The van der Waals surface area contributed by atoms with Gasteiger partial charge in [-0.25, -0.2) is 9.18 Å². The van der Waals surface area contributed by atoms with Crippen molar-refractivity contribution in [3.63, 3.8) is 0 Å². The van der Waals surface area contributed by atoms with Crippen molar-refractivity contribution < 1.29 is 18.7 Å². The summed E-state index contributed by atoms with van der Waals surface area (Å²) in [4.78, 5) is 26.3. The lowest BCUT2D eigenvalue weighted by Gasteiger charge is -2.41. The maximum Gasteiger partial charge on any atom is 0.409 e. The zero-order valence-electron chi connectivity index (χ0n) is 22.2. The van der Waals surface area contributed by atoms with Gasteiger partial charge in [0.1, 0.15) is 11.9 Å². The fourth-order valence-electron chi connectivity index (χ4n) is 5.72. The molecule has 2 amide bonds. The average Bonchev–Trinajstić information content (AvgIpc) is 3.47. The molecule has 0 saturated heterocycles. The number of alkyl halides is 1. The van der Waals surface area contributed by atoms with Crippen molar-refractivity contribution in [2.75, 3.05) is 19.5 Å². The molecule has 0 atom stereocenters. The number of methoxy groups -OCH3 is 1. The molecular weight excluding hydrogens is 517 g/mol. The number of halogens is 1. The lowest BCUT2D eigenvalue weighted by atomic mass is 9.71. The van der Waals surface area contributed by atoms with Gasteiger partial charge in [0.25, 0.3) is 0 Å². The third kappa shape index (κ3) is 5.96. The molecule has 39 heavy (non-hydrogen) atoms. The van der Waals surface area contributed by atoms with E-state index in [-0.39, 0.29) is 24.0 Å². The number of amides is 2. The summed E-state index contributed by atoms with van der Waals surface area (Å²) >= 11 is 1.58. The first-order chi connectivity index (χ1) is 18.8. The maximum atomic E-state index is 13.5. The van der Waals surface area contributed by atoms with Gasteiger partial charge in [-0.3, -0.25) is 4.79 Å². The van der Waals surface area contributed by atoms with Crippen LogP contribution >= 0.6 is 11.3 Å². The highest BCUT2D eigenvalue weighted by Crippen LogP contribution is 2.42. The second kappa shape index (κ2) is 11.4. The summed E-state index contributed by atoms with van der Waals surface area (Å²) in [6.07, 6.45) is 3.35. The number of benzene rings is 1. The van der Waals surface area contributed by atoms with Crippen molar-refractivity contribution >= 4 is 29.2 Å². The zero-order valence-corrected chi connectivity index (χ0v) is 23.0. The Bertz CT molecular complexity index is 1300. The molecule has 10 heteroatoms. The number of ether oxygens (including phenoxy) is 1. The van der Waals surface area contributed by atoms with Gasteiger partial charge >= 0.3 is 6.09 Å². The number of carbonyl (C=O) groups excluding carboxylic acids is 2. The Hall–Kier alpha value is -3.37. The van der Waals surface area contributed by atoms with Crippen molar-refractivity contribution in [1.82, 2.24) is 15.1 Å². The van der Waals surface area contributed by atoms with E-state index in [1.165, 1.54) is 7.11 Å². The minimum Gasteiger partial charge on any atom is -0.453 e. The molecule has 1 aromatic carbocycles. The van der Waals surface area contributed by atoms with Gasteiger partial charge in [-0.1, -0.05) is 24.3 Å². The summed E-state index contributed by atoms with van der Waals surface area (Å²) in [5.41, 5.74) is 10.1. The Balaban J connectivity index is 1.26. The van der Waals surface area contributed by atoms with E-state index in [0.29, 0.717) is 30.8 Å². The van der Waals surface area contributed by atoms with Crippen LogP contribution in [0.1, 0.15) is 50.5 Å². The number of aromatic nitrogens is 2. The van der Waals surface area contributed by atoms with Crippen molar-refractivity contribution in [2.24, 2.45) is 11.7 Å².